The van der Waals surface area contributed by atoms with Crippen molar-refractivity contribution in [2.75, 3.05) is 51.8 Å². The number of nitrogens with one attached hydrogen (secondary N) is 2. The highest BCUT2D eigenvalue weighted by Gasteiger charge is 2.29. The van der Waals surface area contributed by atoms with E-state index in [1.807, 2.05) is 47.0 Å². The van der Waals surface area contributed by atoms with Crippen molar-refractivity contribution in [2.45, 2.75) is 31.7 Å². The first-order valence-electron chi connectivity index (χ1n) is 10.5. The van der Waals surface area contributed by atoms with Crippen LogP contribution < -0.4 is 14.5 Å². The van der Waals surface area contributed by atoms with Crippen LogP contribution in [0.3, 0.4) is 0 Å². The van der Waals surface area contributed by atoms with E-state index in [0.29, 0.717) is 24.7 Å². The summed E-state index contributed by atoms with van der Waals surface area (Å²) in [6.45, 7) is 9.19. The van der Waals surface area contributed by atoms with E-state index in [9.17, 15) is 8.42 Å². The Morgan fingerprint density at radius 3 is 2.13 bits per heavy atom. The maximum atomic E-state index is 13.2. The smallest absolute Gasteiger partial charge is 0.241 e. The first-order valence-corrected chi connectivity index (χ1v) is 11.9. The summed E-state index contributed by atoms with van der Waals surface area (Å²) in [5, 5.41) is 0. The summed E-state index contributed by atoms with van der Waals surface area (Å²) in [5.74, 6) is 0. The minimum absolute atomic E-state index is 0.0333. The maximum absolute atomic E-state index is 13.2. The first-order chi connectivity index (χ1) is 14.2. The van der Waals surface area contributed by atoms with Crippen LogP contribution in [0.15, 0.2) is 41.3 Å². The Hall–Kier alpha value is -1.93. The second-order valence-corrected chi connectivity index (χ2v) is 10.1. The number of anilines is 1. The lowest BCUT2D eigenvalue weighted by Gasteiger charge is -2.32. The molecule has 0 radical (unpaired) electrons. The number of rotatable bonds is 7. The predicted octanol–water partition coefficient (Wildman–Crippen LogP) is 1.61. The molecule has 7 heteroatoms. The molecule has 0 unspecified atom stereocenters. The van der Waals surface area contributed by atoms with Gasteiger partial charge in [-0.15, -0.1) is 0 Å². The molecular weight excluding hydrogens is 398 g/mol. The Labute approximate surface area is 180 Å². The number of nitrogens with zero attached hydrogens (tertiary/aromatic N) is 1. The van der Waals surface area contributed by atoms with E-state index in [1.165, 1.54) is 4.90 Å². The third-order valence-corrected chi connectivity index (χ3v) is 7.52. The fourth-order valence-corrected chi connectivity index (χ4v) is 5.84. The number of morpholine rings is 1. The molecular formula is C23H34N3O3S+. The van der Waals surface area contributed by atoms with Crippen LogP contribution in [-0.2, 0) is 14.8 Å². The van der Waals surface area contributed by atoms with Crippen molar-refractivity contribution in [3.8, 4) is 0 Å². The molecule has 1 fully saturated rings. The molecule has 1 saturated heterocycles. The Morgan fingerprint density at radius 2 is 1.60 bits per heavy atom. The van der Waals surface area contributed by atoms with E-state index in [4.69, 9.17) is 4.74 Å². The van der Waals surface area contributed by atoms with E-state index in [0.717, 1.165) is 41.0 Å². The molecule has 1 aliphatic heterocycles. The molecule has 0 aliphatic carbocycles. The molecule has 6 nitrogen and oxygen atoms in total. The molecule has 1 heterocycles. The summed E-state index contributed by atoms with van der Waals surface area (Å²) in [6.07, 6.45) is 0. The topological polar surface area (TPSA) is 63.1 Å². The molecule has 0 spiro atoms. The number of sulfonamides is 1. The predicted molar refractivity (Wildman–Crippen MR) is 121 cm³/mol. The quantitative estimate of drug-likeness (QED) is 0.698. The number of benzene rings is 2. The Bertz CT molecular complexity index is 943. The largest absolute Gasteiger partial charge is 0.378 e. The van der Waals surface area contributed by atoms with Gasteiger partial charge in [-0.3, -0.25) is 0 Å². The van der Waals surface area contributed by atoms with Crippen molar-refractivity contribution in [1.29, 1.82) is 0 Å². The first kappa shape index (κ1) is 22.7. The second-order valence-electron chi connectivity index (χ2n) is 8.39. The van der Waals surface area contributed by atoms with E-state index in [2.05, 4.69) is 33.9 Å². The highest BCUT2D eigenvalue weighted by Crippen LogP contribution is 2.22. The van der Waals surface area contributed by atoms with E-state index >= 15 is 0 Å². The third-order valence-electron chi connectivity index (χ3n) is 5.79. The lowest BCUT2D eigenvalue weighted by atomic mass is 10.0. The van der Waals surface area contributed by atoms with Crippen LogP contribution in [-0.4, -0.2) is 55.4 Å². The van der Waals surface area contributed by atoms with E-state index < -0.39 is 10.0 Å². The third kappa shape index (κ3) is 5.21. The van der Waals surface area contributed by atoms with Gasteiger partial charge in [-0.25, -0.2) is 13.1 Å². The monoisotopic (exact) mass is 432 g/mol. The molecule has 2 aromatic rings. The summed E-state index contributed by atoms with van der Waals surface area (Å²) in [6, 6.07) is 12.3. The minimum Gasteiger partial charge on any atom is -0.378 e. The van der Waals surface area contributed by atoms with Crippen molar-refractivity contribution in [3.63, 3.8) is 0 Å². The summed E-state index contributed by atoms with van der Waals surface area (Å²) in [5.41, 5.74) is 4.90. The van der Waals surface area contributed by atoms with Crippen LogP contribution in [0.2, 0.25) is 0 Å². The molecule has 1 atom stereocenters. The van der Waals surface area contributed by atoms with Gasteiger partial charge in [0, 0.05) is 25.3 Å². The van der Waals surface area contributed by atoms with Crippen LogP contribution in [0.5, 0.6) is 0 Å². The van der Waals surface area contributed by atoms with Crippen molar-refractivity contribution >= 4 is 15.7 Å². The van der Waals surface area contributed by atoms with Crippen molar-refractivity contribution in [3.05, 3.63) is 58.7 Å². The van der Waals surface area contributed by atoms with Gasteiger partial charge in [0.1, 0.15) is 19.1 Å². The molecule has 2 aromatic carbocycles. The van der Waals surface area contributed by atoms with Crippen molar-refractivity contribution in [1.82, 2.24) is 4.72 Å². The van der Waals surface area contributed by atoms with Crippen molar-refractivity contribution < 1.29 is 18.1 Å². The molecule has 30 heavy (non-hydrogen) atoms. The average molecular weight is 433 g/mol. The fraction of sp³-hybridized carbons (Fsp3) is 0.478. The van der Waals surface area contributed by atoms with E-state index in [-0.39, 0.29) is 6.04 Å². The lowest BCUT2D eigenvalue weighted by molar-refractivity contribution is -0.937. The SMILES string of the molecule is Cc1cc(C)c(S(=O)(=O)NC[C@H](c2ccc(N(C)C)cc2)[NH+]2CCOCC2)c(C)c1. The number of aryl methyl sites for hydroxylation is 3. The summed E-state index contributed by atoms with van der Waals surface area (Å²) in [4.78, 5) is 3.80. The number of hydrogen-bond donors (Lipinski definition) is 2. The van der Waals surface area contributed by atoms with Gasteiger partial charge in [-0.2, -0.15) is 0 Å². The minimum atomic E-state index is -3.60. The van der Waals surface area contributed by atoms with Gasteiger partial charge in [0.05, 0.1) is 24.7 Å². The second kappa shape index (κ2) is 9.47. The maximum Gasteiger partial charge on any atom is 0.241 e. The Kier molecular flexibility index (Phi) is 7.18. The van der Waals surface area contributed by atoms with Crippen LogP contribution in [0, 0.1) is 20.8 Å². The highest BCUT2D eigenvalue weighted by molar-refractivity contribution is 7.89. The molecule has 0 saturated carbocycles. The molecule has 0 bridgehead atoms. The van der Waals surface area contributed by atoms with Gasteiger partial charge in [-0.05, 0) is 44.0 Å². The van der Waals surface area contributed by atoms with Gasteiger partial charge >= 0.3 is 0 Å². The zero-order chi connectivity index (χ0) is 21.9. The van der Waals surface area contributed by atoms with Crippen LogP contribution in [0.4, 0.5) is 5.69 Å². The normalized spacial score (nSPS) is 16.4. The lowest BCUT2D eigenvalue weighted by Crippen LogP contribution is -3.15. The van der Waals surface area contributed by atoms with Crippen molar-refractivity contribution in [2.24, 2.45) is 0 Å². The van der Waals surface area contributed by atoms with Crippen LogP contribution >= 0.6 is 0 Å². The van der Waals surface area contributed by atoms with Crippen LogP contribution in [0.25, 0.3) is 0 Å². The van der Waals surface area contributed by atoms with Gasteiger partial charge in [0.25, 0.3) is 0 Å². The molecule has 0 aromatic heterocycles. The molecule has 3 rings (SSSR count). The molecule has 164 valence electrons. The summed E-state index contributed by atoms with van der Waals surface area (Å²) in [7, 11) is 0.423. The highest BCUT2D eigenvalue weighted by atomic mass is 32.2. The standard InChI is InChI=1S/C23H33N3O3S/c1-17-14-18(2)23(19(3)15-17)30(27,28)24-16-22(26-10-12-29-13-11-26)20-6-8-21(9-7-20)25(4)5/h6-9,14-15,22,24H,10-13,16H2,1-5H3/p+1/t22-/m1/s1. The van der Waals surface area contributed by atoms with E-state index in [1.54, 1.807) is 0 Å². The Balaban J connectivity index is 1.86. The van der Waals surface area contributed by atoms with Gasteiger partial charge in [-0.1, -0.05) is 29.8 Å². The zero-order valence-electron chi connectivity index (χ0n) is 18.7. The van der Waals surface area contributed by atoms with Gasteiger partial charge in [0.2, 0.25) is 10.0 Å². The average Bonchev–Trinajstić information content (AvgIpc) is 2.68. The van der Waals surface area contributed by atoms with Gasteiger partial charge in [0.15, 0.2) is 0 Å². The molecule has 0 amide bonds. The molecule has 2 N–H and O–H groups in total. The number of quaternary nitrogens is 1. The van der Waals surface area contributed by atoms with Crippen LogP contribution in [0.1, 0.15) is 28.3 Å². The summed E-state index contributed by atoms with van der Waals surface area (Å²) >= 11 is 0. The zero-order valence-corrected chi connectivity index (χ0v) is 19.5. The Morgan fingerprint density at radius 1 is 1.03 bits per heavy atom. The molecule has 1 aliphatic rings. The fourth-order valence-electron chi connectivity index (χ4n) is 4.34. The summed E-state index contributed by atoms with van der Waals surface area (Å²) < 4.78 is 34.8. The number of hydrogen-bond acceptors (Lipinski definition) is 4. The van der Waals surface area contributed by atoms with Gasteiger partial charge < -0.3 is 14.5 Å². The number of ether oxygens (including phenoxy) is 1.